The van der Waals surface area contributed by atoms with Crippen molar-refractivity contribution in [2.75, 3.05) is 26.2 Å². The molecule has 4 heterocycles. The van der Waals surface area contributed by atoms with Crippen LogP contribution < -0.4 is 0 Å². The minimum absolute atomic E-state index is 0.248. The third-order valence-electron chi connectivity index (χ3n) is 5.67. The summed E-state index contributed by atoms with van der Waals surface area (Å²) in [5.41, 5.74) is 6.06. The van der Waals surface area contributed by atoms with E-state index in [2.05, 4.69) is 52.3 Å². The second-order valence-electron chi connectivity index (χ2n) is 9.13. The van der Waals surface area contributed by atoms with Crippen molar-refractivity contribution in [1.82, 2.24) is 24.0 Å². The molecule has 1 aliphatic heterocycles. The minimum atomic E-state index is -0.482. The van der Waals surface area contributed by atoms with Crippen molar-refractivity contribution in [1.29, 1.82) is 0 Å². The van der Waals surface area contributed by atoms with Crippen molar-refractivity contribution >= 4 is 17.3 Å². The Morgan fingerprint density at radius 2 is 1.77 bits per heavy atom. The number of hydrogen-bond donors (Lipinski definition) is 0. The number of carbonyl (C=O) groups excluding carboxylic acids is 1. The molecule has 4 rings (SSSR count). The van der Waals surface area contributed by atoms with Crippen LogP contribution in [0, 0.1) is 6.92 Å². The number of hydrogen-bond acceptors (Lipinski definition) is 4. The molecule has 1 saturated heterocycles. The van der Waals surface area contributed by atoms with Gasteiger partial charge < -0.3 is 18.9 Å². The van der Waals surface area contributed by atoms with Crippen molar-refractivity contribution in [3.8, 4) is 11.3 Å². The second kappa shape index (κ2) is 7.80. The minimum Gasteiger partial charge on any atom is -0.444 e. The fourth-order valence-electron chi connectivity index (χ4n) is 4.08. The van der Waals surface area contributed by atoms with Gasteiger partial charge in [-0.2, -0.15) is 5.10 Å². The number of carbonyl (C=O) groups is 1. The quantitative estimate of drug-likeness (QED) is 0.637. The van der Waals surface area contributed by atoms with Crippen LogP contribution in [0.4, 0.5) is 4.79 Å². The van der Waals surface area contributed by atoms with Gasteiger partial charge in [-0.25, -0.2) is 4.79 Å². The van der Waals surface area contributed by atoms with Crippen LogP contribution in [0.5, 0.6) is 0 Å². The van der Waals surface area contributed by atoms with Gasteiger partial charge in [-0.3, -0.25) is 4.68 Å². The fourth-order valence-corrected chi connectivity index (χ4v) is 4.08. The molecule has 0 saturated carbocycles. The maximum atomic E-state index is 12.4. The predicted molar refractivity (Wildman–Crippen MR) is 123 cm³/mol. The van der Waals surface area contributed by atoms with E-state index < -0.39 is 5.60 Å². The lowest BCUT2D eigenvalue weighted by molar-refractivity contribution is 0.0182. The van der Waals surface area contributed by atoms with Gasteiger partial charge in [0.25, 0.3) is 0 Å². The van der Waals surface area contributed by atoms with Gasteiger partial charge in [-0.05, 0) is 51.5 Å². The molecule has 0 spiro atoms. The number of aromatic nitrogens is 3. The highest BCUT2D eigenvalue weighted by molar-refractivity contribution is 5.73. The summed E-state index contributed by atoms with van der Waals surface area (Å²) in [4.78, 5) is 16.4. The Bertz CT molecular complexity index is 1130. The lowest BCUT2D eigenvalue weighted by Gasteiger charge is -2.38. The van der Waals surface area contributed by atoms with Crippen LogP contribution in [0.3, 0.4) is 0 Å². The molecule has 0 radical (unpaired) electrons. The Balaban J connectivity index is 1.56. The molecule has 0 unspecified atom stereocenters. The highest BCUT2D eigenvalue weighted by Crippen LogP contribution is 2.29. The Kier molecular flexibility index (Phi) is 5.29. The van der Waals surface area contributed by atoms with Crippen LogP contribution in [0.1, 0.15) is 32.0 Å². The highest BCUT2D eigenvalue weighted by atomic mass is 16.6. The van der Waals surface area contributed by atoms with Gasteiger partial charge in [0.05, 0.1) is 17.1 Å². The van der Waals surface area contributed by atoms with Crippen LogP contribution in [-0.2, 0) is 11.8 Å². The first kappa shape index (κ1) is 21.0. The van der Waals surface area contributed by atoms with E-state index in [0.717, 1.165) is 41.3 Å². The summed E-state index contributed by atoms with van der Waals surface area (Å²) in [5, 5.41) is 4.29. The Morgan fingerprint density at radius 1 is 1.10 bits per heavy atom. The van der Waals surface area contributed by atoms with Crippen molar-refractivity contribution in [3.63, 3.8) is 0 Å². The van der Waals surface area contributed by atoms with E-state index in [0.29, 0.717) is 13.1 Å². The van der Waals surface area contributed by atoms with Crippen LogP contribution in [0.25, 0.3) is 22.5 Å². The molecule has 1 amide bonds. The number of aryl methyl sites for hydroxylation is 2. The number of fused-ring (bicyclic) bond motifs is 1. The van der Waals surface area contributed by atoms with E-state index in [9.17, 15) is 4.79 Å². The highest BCUT2D eigenvalue weighted by Gasteiger charge is 2.27. The SMILES string of the molecule is C=C(c1c(C)ccc2cc(-c3ccnn3C)cn12)N1CCN(C(=O)OC(C)(C)C)CC1. The van der Waals surface area contributed by atoms with Crippen molar-refractivity contribution in [2.45, 2.75) is 33.3 Å². The molecule has 7 nitrogen and oxygen atoms in total. The van der Waals surface area contributed by atoms with E-state index in [4.69, 9.17) is 4.74 Å². The van der Waals surface area contributed by atoms with Crippen LogP contribution in [-0.4, -0.2) is 61.9 Å². The average Bonchev–Trinajstić information content (AvgIpc) is 3.32. The molecule has 1 aliphatic rings. The average molecular weight is 422 g/mol. The number of pyridine rings is 1. The zero-order valence-corrected chi connectivity index (χ0v) is 19.1. The molecule has 7 heteroatoms. The third kappa shape index (κ3) is 4.17. The second-order valence-corrected chi connectivity index (χ2v) is 9.13. The maximum Gasteiger partial charge on any atom is 0.410 e. The summed E-state index contributed by atoms with van der Waals surface area (Å²) in [7, 11) is 1.95. The van der Waals surface area contributed by atoms with E-state index in [1.165, 1.54) is 5.56 Å². The molecular formula is C24H31N5O2. The molecule has 1 fully saturated rings. The normalized spacial score (nSPS) is 14.9. The van der Waals surface area contributed by atoms with E-state index in [-0.39, 0.29) is 6.09 Å². The molecule has 0 N–H and O–H groups in total. The van der Waals surface area contributed by atoms with Gasteiger partial charge in [0.15, 0.2) is 0 Å². The first-order chi connectivity index (χ1) is 14.6. The largest absolute Gasteiger partial charge is 0.444 e. The number of rotatable bonds is 3. The molecule has 0 atom stereocenters. The third-order valence-corrected chi connectivity index (χ3v) is 5.67. The zero-order chi connectivity index (χ0) is 22.3. The van der Waals surface area contributed by atoms with Crippen molar-refractivity contribution < 1.29 is 9.53 Å². The maximum absolute atomic E-state index is 12.4. The summed E-state index contributed by atoms with van der Waals surface area (Å²) in [5.74, 6) is 0. The Labute approximate surface area is 183 Å². The molecule has 0 aliphatic carbocycles. The van der Waals surface area contributed by atoms with Crippen LogP contribution >= 0.6 is 0 Å². The predicted octanol–water partition coefficient (Wildman–Crippen LogP) is 4.17. The lowest BCUT2D eigenvalue weighted by Crippen LogP contribution is -2.49. The zero-order valence-electron chi connectivity index (χ0n) is 19.1. The molecular weight excluding hydrogens is 390 g/mol. The Morgan fingerprint density at radius 3 is 2.39 bits per heavy atom. The van der Waals surface area contributed by atoms with Crippen molar-refractivity contribution in [3.05, 3.63) is 54.5 Å². The number of amides is 1. The number of piperazine rings is 1. The Hall–Kier alpha value is -3.22. The van der Waals surface area contributed by atoms with Crippen LogP contribution in [0.15, 0.2) is 43.2 Å². The van der Waals surface area contributed by atoms with E-state index in [1.54, 1.807) is 4.90 Å². The topological polar surface area (TPSA) is 55.0 Å². The molecule has 31 heavy (non-hydrogen) atoms. The molecule has 0 bridgehead atoms. The summed E-state index contributed by atoms with van der Waals surface area (Å²) in [6.45, 7) is 14.9. The molecule has 164 valence electrons. The lowest BCUT2D eigenvalue weighted by atomic mass is 10.1. The summed E-state index contributed by atoms with van der Waals surface area (Å²) in [6.07, 6.45) is 3.71. The molecule has 3 aromatic rings. The van der Waals surface area contributed by atoms with Gasteiger partial charge in [0, 0.05) is 56.7 Å². The van der Waals surface area contributed by atoms with Crippen LogP contribution in [0.2, 0.25) is 0 Å². The standard InChI is InChI=1S/C24H31N5O2/c1-17-7-8-20-15-19(21-9-10-25-26(21)6)16-29(20)22(17)18(2)27-11-13-28(14-12-27)23(30)31-24(3,4)5/h7-10,15-16H,2,11-14H2,1,3-6H3. The first-order valence-corrected chi connectivity index (χ1v) is 10.7. The van der Waals surface area contributed by atoms with E-state index in [1.807, 2.05) is 44.8 Å². The van der Waals surface area contributed by atoms with Gasteiger partial charge in [0.1, 0.15) is 5.60 Å². The summed E-state index contributed by atoms with van der Waals surface area (Å²) in [6, 6.07) is 8.46. The molecule has 0 aromatic carbocycles. The smallest absolute Gasteiger partial charge is 0.410 e. The van der Waals surface area contributed by atoms with Gasteiger partial charge in [-0.1, -0.05) is 12.6 Å². The number of nitrogens with zero attached hydrogens (tertiary/aromatic N) is 5. The summed E-state index contributed by atoms with van der Waals surface area (Å²) < 4.78 is 9.61. The fraction of sp³-hybridized carbons (Fsp3) is 0.417. The monoisotopic (exact) mass is 421 g/mol. The molecule has 3 aromatic heterocycles. The van der Waals surface area contributed by atoms with E-state index >= 15 is 0 Å². The summed E-state index contributed by atoms with van der Waals surface area (Å²) >= 11 is 0. The number of ether oxygens (including phenoxy) is 1. The van der Waals surface area contributed by atoms with Gasteiger partial charge >= 0.3 is 6.09 Å². The van der Waals surface area contributed by atoms with Gasteiger partial charge in [0.2, 0.25) is 0 Å². The first-order valence-electron chi connectivity index (χ1n) is 10.7. The van der Waals surface area contributed by atoms with Gasteiger partial charge in [-0.15, -0.1) is 0 Å². The van der Waals surface area contributed by atoms with Crippen molar-refractivity contribution in [2.24, 2.45) is 7.05 Å².